The van der Waals surface area contributed by atoms with Crippen molar-refractivity contribution >= 4 is 11.6 Å². The zero-order valence-electron chi connectivity index (χ0n) is 6.15. The van der Waals surface area contributed by atoms with Crippen LogP contribution in [0, 0.1) is 0 Å². The van der Waals surface area contributed by atoms with Gasteiger partial charge in [0, 0.05) is 19.0 Å². The molecule has 0 amide bonds. The van der Waals surface area contributed by atoms with Gasteiger partial charge < -0.3 is 5.32 Å². The number of halogens is 1. The van der Waals surface area contributed by atoms with Crippen molar-refractivity contribution in [3.63, 3.8) is 0 Å². The van der Waals surface area contributed by atoms with Crippen molar-refractivity contribution in [2.24, 2.45) is 0 Å². The number of rotatable bonds is 6. The Kier molecular flexibility index (Phi) is 8.49. The fourth-order valence-corrected chi connectivity index (χ4v) is 0.659. The van der Waals surface area contributed by atoms with E-state index in [2.05, 4.69) is 24.0 Å². The highest BCUT2D eigenvalue weighted by Crippen LogP contribution is 1.84. The molecule has 0 aromatic carbocycles. The molecule has 0 saturated carbocycles. The van der Waals surface area contributed by atoms with E-state index in [-0.39, 0.29) is 0 Å². The number of allylic oxidation sites excluding steroid dienone is 1. The molecule has 58 valence electrons. The third kappa shape index (κ3) is 7.73. The molecule has 0 aromatic rings. The third-order valence-corrected chi connectivity index (χ3v) is 1.21. The average molecular weight is 160 g/mol. The smallest absolute Gasteiger partial charge is 0.0258 e. The van der Waals surface area contributed by atoms with E-state index in [9.17, 15) is 0 Å². The first-order valence-electron chi connectivity index (χ1n) is 3.44. The summed E-state index contributed by atoms with van der Waals surface area (Å²) in [6.45, 7) is 5.36. The van der Waals surface area contributed by atoms with Crippen molar-refractivity contribution in [2.75, 3.05) is 19.0 Å². The summed E-state index contributed by atoms with van der Waals surface area (Å²) in [6.07, 6.45) is 6.95. The summed E-state index contributed by atoms with van der Waals surface area (Å²) in [6, 6.07) is 0. The van der Waals surface area contributed by atoms with Gasteiger partial charge >= 0.3 is 0 Å². The van der Waals surface area contributed by atoms with Crippen LogP contribution in [0.5, 0.6) is 0 Å². The molecule has 0 atom stereocenters. The fourth-order valence-electron chi connectivity index (χ4n) is 0.533. The maximum atomic E-state index is 5.45. The molecule has 0 unspecified atom stereocenters. The number of nitrogens with one attached hydrogen (secondary N) is 1. The maximum absolute atomic E-state index is 5.45. The Balaban J connectivity index is 2.94. The fraction of sp³-hybridized carbons (Fsp3) is 0.500. The summed E-state index contributed by atoms with van der Waals surface area (Å²) >= 11 is 5.45. The number of hydrogen-bond donors (Lipinski definition) is 1. The van der Waals surface area contributed by atoms with E-state index in [0.717, 1.165) is 19.5 Å². The summed E-state index contributed by atoms with van der Waals surface area (Å²) in [5.74, 6) is 0.706. The van der Waals surface area contributed by atoms with Gasteiger partial charge in [0.2, 0.25) is 0 Å². The minimum absolute atomic E-state index is 0.706. The van der Waals surface area contributed by atoms with Gasteiger partial charge in [-0.05, 0) is 6.42 Å². The highest BCUT2D eigenvalue weighted by atomic mass is 35.5. The molecular formula is C8H14ClN. The van der Waals surface area contributed by atoms with Crippen molar-refractivity contribution in [1.82, 2.24) is 5.32 Å². The largest absolute Gasteiger partial charge is 0.310 e. The molecule has 10 heavy (non-hydrogen) atoms. The van der Waals surface area contributed by atoms with E-state index in [1.54, 1.807) is 0 Å². The van der Waals surface area contributed by atoms with E-state index >= 15 is 0 Å². The zero-order chi connectivity index (χ0) is 7.66. The molecule has 0 radical (unpaired) electrons. The van der Waals surface area contributed by atoms with Crippen molar-refractivity contribution in [1.29, 1.82) is 0 Å². The monoisotopic (exact) mass is 159 g/mol. The lowest BCUT2D eigenvalue weighted by molar-refractivity contribution is 0.842. The van der Waals surface area contributed by atoms with E-state index in [0.29, 0.717) is 5.88 Å². The van der Waals surface area contributed by atoms with Gasteiger partial charge in [-0.3, -0.25) is 0 Å². The minimum Gasteiger partial charge on any atom is -0.310 e. The molecule has 0 aliphatic rings. The quantitative estimate of drug-likeness (QED) is 0.355. The molecule has 0 saturated heterocycles. The van der Waals surface area contributed by atoms with Crippen LogP contribution in [0.3, 0.4) is 0 Å². The van der Waals surface area contributed by atoms with Gasteiger partial charge in [0.15, 0.2) is 0 Å². The number of hydrogen-bond acceptors (Lipinski definition) is 1. The molecule has 0 spiro atoms. The van der Waals surface area contributed by atoms with Gasteiger partial charge in [0.05, 0.1) is 0 Å². The van der Waals surface area contributed by atoms with Crippen LogP contribution in [0.15, 0.2) is 24.8 Å². The molecule has 0 heterocycles. The predicted molar refractivity (Wildman–Crippen MR) is 47.5 cm³/mol. The Morgan fingerprint density at radius 2 is 2.10 bits per heavy atom. The lowest BCUT2D eigenvalue weighted by Crippen LogP contribution is -2.12. The summed E-state index contributed by atoms with van der Waals surface area (Å²) < 4.78 is 0. The Labute approximate surface area is 67.8 Å². The van der Waals surface area contributed by atoms with Gasteiger partial charge in [0.1, 0.15) is 0 Å². The van der Waals surface area contributed by atoms with E-state index in [1.165, 1.54) is 0 Å². The van der Waals surface area contributed by atoms with Crippen molar-refractivity contribution < 1.29 is 0 Å². The van der Waals surface area contributed by atoms with Crippen LogP contribution < -0.4 is 5.32 Å². The Morgan fingerprint density at radius 3 is 2.70 bits per heavy atom. The third-order valence-electron chi connectivity index (χ3n) is 0.993. The number of alkyl halides is 1. The summed E-state index contributed by atoms with van der Waals surface area (Å²) in [5, 5.41) is 3.15. The first-order valence-corrected chi connectivity index (χ1v) is 3.98. The molecule has 0 rings (SSSR count). The van der Waals surface area contributed by atoms with Gasteiger partial charge in [0.25, 0.3) is 0 Å². The minimum atomic E-state index is 0.706. The van der Waals surface area contributed by atoms with Crippen LogP contribution in [-0.4, -0.2) is 19.0 Å². The van der Waals surface area contributed by atoms with Gasteiger partial charge in [-0.25, -0.2) is 0 Å². The zero-order valence-corrected chi connectivity index (χ0v) is 6.90. The van der Waals surface area contributed by atoms with Crippen molar-refractivity contribution in [2.45, 2.75) is 6.42 Å². The van der Waals surface area contributed by atoms with Crippen LogP contribution in [0.25, 0.3) is 0 Å². The molecule has 1 N–H and O–H groups in total. The van der Waals surface area contributed by atoms with Gasteiger partial charge in [-0.2, -0.15) is 0 Å². The Bertz CT molecular complexity index is 99.4. The van der Waals surface area contributed by atoms with E-state index < -0.39 is 0 Å². The lowest BCUT2D eigenvalue weighted by Gasteiger charge is -1.92. The molecule has 2 heteroatoms. The van der Waals surface area contributed by atoms with E-state index in [1.807, 2.05) is 6.08 Å². The second-order valence-corrected chi connectivity index (χ2v) is 2.27. The lowest BCUT2D eigenvalue weighted by atomic mass is 10.4. The SMILES string of the molecule is C=CCNC/C=C/CCCl. The Hall–Kier alpha value is -0.270. The van der Waals surface area contributed by atoms with Crippen LogP contribution in [0.1, 0.15) is 6.42 Å². The highest BCUT2D eigenvalue weighted by Gasteiger charge is 1.75. The van der Waals surface area contributed by atoms with Crippen LogP contribution in [-0.2, 0) is 0 Å². The molecule has 0 aliphatic heterocycles. The predicted octanol–water partition coefficient (Wildman–Crippen LogP) is 1.95. The molecular weight excluding hydrogens is 146 g/mol. The molecule has 0 fully saturated rings. The summed E-state index contributed by atoms with van der Waals surface area (Å²) in [4.78, 5) is 0. The maximum Gasteiger partial charge on any atom is 0.0258 e. The van der Waals surface area contributed by atoms with Gasteiger partial charge in [-0.1, -0.05) is 18.2 Å². The second-order valence-electron chi connectivity index (χ2n) is 1.90. The van der Waals surface area contributed by atoms with Gasteiger partial charge in [-0.15, -0.1) is 18.2 Å². The molecule has 0 aliphatic carbocycles. The van der Waals surface area contributed by atoms with Crippen molar-refractivity contribution in [3.05, 3.63) is 24.8 Å². The first kappa shape index (κ1) is 9.73. The Morgan fingerprint density at radius 1 is 1.30 bits per heavy atom. The second kappa shape index (κ2) is 8.73. The van der Waals surface area contributed by atoms with Crippen molar-refractivity contribution in [3.8, 4) is 0 Å². The van der Waals surface area contributed by atoms with Crippen LogP contribution in [0.4, 0.5) is 0 Å². The first-order chi connectivity index (χ1) is 4.91. The highest BCUT2D eigenvalue weighted by molar-refractivity contribution is 6.17. The van der Waals surface area contributed by atoms with Crippen LogP contribution in [0.2, 0.25) is 0 Å². The average Bonchev–Trinajstić information content (AvgIpc) is 1.97. The van der Waals surface area contributed by atoms with Crippen LogP contribution >= 0.6 is 11.6 Å². The standard InChI is InChI=1S/C8H14ClN/c1-2-7-10-8-5-3-4-6-9/h2-3,5,10H,1,4,6-8H2/b5-3+. The topological polar surface area (TPSA) is 12.0 Å². The normalized spacial score (nSPS) is 10.5. The molecule has 1 nitrogen and oxygen atoms in total. The summed E-state index contributed by atoms with van der Waals surface area (Å²) in [7, 11) is 0. The van der Waals surface area contributed by atoms with E-state index in [4.69, 9.17) is 11.6 Å². The molecule has 0 bridgehead atoms. The molecule has 0 aromatic heterocycles. The summed E-state index contributed by atoms with van der Waals surface area (Å²) in [5.41, 5.74) is 0.